The van der Waals surface area contributed by atoms with Crippen LogP contribution in [0.5, 0.6) is 0 Å². The van der Waals surface area contributed by atoms with Crippen LogP contribution >= 0.6 is 0 Å². The minimum Gasteiger partial charge on any atom is -0.370 e. The van der Waals surface area contributed by atoms with Gasteiger partial charge in [-0.15, -0.1) is 0 Å². The zero-order chi connectivity index (χ0) is 15.7. The fourth-order valence-corrected chi connectivity index (χ4v) is 3.19. The maximum Gasteiger partial charge on any atom is 0.168 e. The van der Waals surface area contributed by atoms with E-state index in [0.717, 1.165) is 31.2 Å². The van der Waals surface area contributed by atoms with Crippen molar-refractivity contribution < 1.29 is 9.53 Å². The molecule has 0 radical (unpaired) electrons. The van der Waals surface area contributed by atoms with Crippen LogP contribution in [0.15, 0.2) is 18.2 Å². The highest BCUT2D eigenvalue weighted by Gasteiger charge is 2.43. The standard InChI is InChI=1S/C19H28O2/c1-14-6-7-16(12-15(14)2)13-17(20)19(21-5)10-8-18(3,4)9-11-19/h6-7,12H,8-11,13H2,1-5H3. The van der Waals surface area contributed by atoms with E-state index in [4.69, 9.17) is 4.74 Å². The number of carbonyl (C=O) groups is 1. The smallest absolute Gasteiger partial charge is 0.168 e. The summed E-state index contributed by atoms with van der Waals surface area (Å²) in [6.45, 7) is 8.75. The molecule has 1 aromatic rings. The summed E-state index contributed by atoms with van der Waals surface area (Å²) in [4.78, 5) is 12.8. The highest BCUT2D eigenvalue weighted by Crippen LogP contribution is 2.42. The van der Waals surface area contributed by atoms with Crippen LogP contribution in [0.3, 0.4) is 0 Å². The van der Waals surface area contributed by atoms with Gasteiger partial charge >= 0.3 is 0 Å². The van der Waals surface area contributed by atoms with Crippen molar-refractivity contribution in [2.24, 2.45) is 5.41 Å². The second-order valence-electron chi connectivity index (χ2n) is 7.38. The molecule has 1 aromatic carbocycles. The topological polar surface area (TPSA) is 26.3 Å². The summed E-state index contributed by atoms with van der Waals surface area (Å²) in [5.41, 5.74) is 3.39. The van der Waals surface area contributed by atoms with Gasteiger partial charge in [0.1, 0.15) is 5.60 Å². The normalized spacial score (nSPS) is 20.2. The first-order valence-corrected chi connectivity index (χ1v) is 7.93. The van der Waals surface area contributed by atoms with Gasteiger partial charge in [0.25, 0.3) is 0 Å². The van der Waals surface area contributed by atoms with Crippen LogP contribution in [0.4, 0.5) is 0 Å². The molecule has 2 nitrogen and oxygen atoms in total. The Morgan fingerprint density at radius 2 is 1.71 bits per heavy atom. The Morgan fingerprint density at radius 3 is 2.24 bits per heavy atom. The maximum absolute atomic E-state index is 12.8. The van der Waals surface area contributed by atoms with Gasteiger partial charge in [-0.1, -0.05) is 32.0 Å². The minimum atomic E-state index is -0.561. The lowest BCUT2D eigenvalue weighted by atomic mass is 9.69. The third kappa shape index (κ3) is 3.55. The largest absolute Gasteiger partial charge is 0.370 e. The molecule has 0 unspecified atom stereocenters. The summed E-state index contributed by atoms with van der Waals surface area (Å²) in [6, 6.07) is 6.29. The molecule has 0 aliphatic heterocycles. The van der Waals surface area contributed by atoms with E-state index in [1.165, 1.54) is 11.1 Å². The molecule has 2 rings (SSSR count). The van der Waals surface area contributed by atoms with Crippen molar-refractivity contribution in [1.82, 2.24) is 0 Å². The van der Waals surface area contributed by atoms with E-state index >= 15 is 0 Å². The van der Waals surface area contributed by atoms with E-state index < -0.39 is 5.60 Å². The van der Waals surface area contributed by atoms with Crippen LogP contribution in [0.1, 0.15) is 56.2 Å². The first kappa shape index (κ1) is 16.2. The van der Waals surface area contributed by atoms with Crippen molar-refractivity contribution in [3.05, 3.63) is 34.9 Å². The van der Waals surface area contributed by atoms with Gasteiger partial charge in [0.05, 0.1) is 0 Å². The Hall–Kier alpha value is -1.15. The zero-order valence-corrected chi connectivity index (χ0v) is 14.1. The van der Waals surface area contributed by atoms with E-state index in [1.807, 2.05) is 0 Å². The highest BCUT2D eigenvalue weighted by molar-refractivity contribution is 5.89. The van der Waals surface area contributed by atoms with Gasteiger partial charge in [0.2, 0.25) is 0 Å². The number of carbonyl (C=O) groups excluding carboxylic acids is 1. The summed E-state index contributed by atoms with van der Waals surface area (Å²) < 4.78 is 5.71. The molecule has 0 atom stereocenters. The Balaban J connectivity index is 2.12. The summed E-state index contributed by atoms with van der Waals surface area (Å²) >= 11 is 0. The van der Waals surface area contributed by atoms with Gasteiger partial charge in [-0.05, 0) is 61.6 Å². The summed E-state index contributed by atoms with van der Waals surface area (Å²) in [5.74, 6) is 0.240. The van der Waals surface area contributed by atoms with Gasteiger partial charge in [0, 0.05) is 13.5 Å². The Morgan fingerprint density at radius 1 is 1.10 bits per heavy atom. The number of hydrogen-bond donors (Lipinski definition) is 0. The molecule has 1 fully saturated rings. The maximum atomic E-state index is 12.8. The van der Waals surface area contributed by atoms with Crippen molar-refractivity contribution in [3.8, 4) is 0 Å². The van der Waals surface area contributed by atoms with Crippen molar-refractivity contribution in [2.45, 2.75) is 65.4 Å². The summed E-state index contributed by atoms with van der Waals surface area (Å²) in [5, 5.41) is 0. The molecule has 0 bridgehead atoms. The number of ether oxygens (including phenoxy) is 1. The molecule has 0 saturated heterocycles. The van der Waals surface area contributed by atoms with Crippen molar-refractivity contribution >= 4 is 5.78 Å². The minimum absolute atomic E-state index is 0.240. The molecule has 0 N–H and O–H groups in total. The molecule has 116 valence electrons. The van der Waals surface area contributed by atoms with Crippen LogP contribution in [0.25, 0.3) is 0 Å². The molecule has 1 saturated carbocycles. The molecule has 0 amide bonds. The third-order valence-corrected chi connectivity index (χ3v) is 5.25. The monoisotopic (exact) mass is 288 g/mol. The first-order valence-electron chi connectivity index (χ1n) is 7.93. The van der Waals surface area contributed by atoms with Crippen molar-refractivity contribution in [2.75, 3.05) is 7.11 Å². The molecule has 0 heterocycles. The second-order valence-corrected chi connectivity index (χ2v) is 7.38. The molecule has 21 heavy (non-hydrogen) atoms. The van der Waals surface area contributed by atoms with Gasteiger partial charge in [-0.3, -0.25) is 4.79 Å². The van der Waals surface area contributed by atoms with E-state index in [9.17, 15) is 4.79 Å². The number of Topliss-reactive ketones (excluding diaryl/α,β-unsaturated/α-hetero) is 1. The van der Waals surface area contributed by atoms with Gasteiger partial charge in [0.15, 0.2) is 5.78 Å². The number of rotatable bonds is 4. The average Bonchev–Trinajstić information content (AvgIpc) is 2.43. The molecule has 2 heteroatoms. The van der Waals surface area contributed by atoms with E-state index in [0.29, 0.717) is 11.8 Å². The van der Waals surface area contributed by atoms with Crippen LogP contribution in [0.2, 0.25) is 0 Å². The third-order valence-electron chi connectivity index (χ3n) is 5.25. The molecule has 0 spiro atoms. The Bertz CT molecular complexity index is 518. The number of methoxy groups -OCH3 is 1. The lowest BCUT2D eigenvalue weighted by Crippen LogP contribution is -2.46. The van der Waals surface area contributed by atoms with E-state index in [-0.39, 0.29) is 5.78 Å². The van der Waals surface area contributed by atoms with E-state index in [2.05, 4.69) is 45.9 Å². The Kier molecular flexibility index (Phi) is 4.57. The average molecular weight is 288 g/mol. The van der Waals surface area contributed by atoms with Crippen LogP contribution in [-0.4, -0.2) is 18.5 Å². The van der Waals surface area contributed by atoms with Gasteiger partial charge in [-0.25, -0.2) is 0 Å². The number of ketones is 1. The molecular weight excluding hydrogens is 260 g/mol. The summed E-state index contributed by atoms with van der Waals surface area (Å²) in [7, 11) is 1.69. The van der Waals surface area contributed by atoms with Crippen molar-refractivity contribution in [3.63, 3.8) is 0 Å². The lowest BCUT2D eigenvalue weighted by Gasteiger charge is -2.41. The summed E-state index contributed by atoms with van der Waals surface area (Å²) in [6.07, 6.45) is 4.29. The molecule has 1 aliphatic carbocycles. The Labute approximate surface area is 128 Å². The highest BCUT2D eigenvalue weighted by atomic mass is 16.5. The zero-order valence-electron chi connectivity index (χ0n) is 14.1. The fourth-order valence-electron chi connectivity index (χ4n) is 3.19. The van der Waals surface area contributed by atoms with E-state index in [1.54, 1.807) is 7.11 Å². The number of aryl methyl sites for hydroxylation is 2. The quantitative estimate of drug-likeness (QED) is 0.821. The first-order chi connectivity index (χ1) is 9.78. The van der Waals surface area contributed by atoms with Gasteiger partial charge in [-0.2, -0.15) is 0 Å². The lowest BCUT2D eigenvalue weighted by molar-refractivity contribution is -0.147. The second kappa shape index (κ2) is 5.92. The molecule has 0 aromatic heterocycles. The fraction of sp³-hybridized carbons (Fsp3) is 0.632. The predicted molar refractivity (Wildman–Crippen MR) is 86.6 cm³/mol. The number of hydrogen-bond acceptors (Lipinski definition) is 2. The van der Waals surface area contributed by atoms with Crippen LogP contribution in [0, 0.1) is 19.3 Å². The van der Waals surface area contributed by atoms with Crippen molar-refractivity contribution in [1.29, 1.82) is 0 Å². The SMILES string of the molecule is COC1(C(=O)Cc2ccc(C)c(C)c2)CCC(C)(C)CC1. The number of benzene rings is 1. The van der Waals surface area contributed by atoms with Crippen LogP contribution in [-0.2, 0) is 16.0 Å². The van der Waals surface area contributed by atoms with Crippen LogP contribution < -0.4 is 0 Å². The van der Waals surface area contributed by atoms with Gasteiger partial charge < -0.3 is 4.74 Å². The predicted octanol–water partition coefficient (Wildman–Crippen LogP) is 4.40. The molecule has 1 aliphatic rings. The molecular formula is C19H28O2.